The first kappa shape index (κ1) is 15.0. The number of carbonyl (C=O) groups excluding carboxylic acids is 1. The van der Waals surface area contributed by atoms with Gasteiger partial charge in [0.05, 0.1) is 6.54 Å². The standard InChI is InChI=1S/C16H20FN3O2/c1-19(2)16(21)11-5-7-20(8-6-11)10-15-18-13-9-12(17)3-4-14(13)22-15/h3-4,9,11H,5-8,10H2,1-2H3. The van der Waals surface area contributed by atoms with Crippen LogP contribution in [0.2, 0.25) is 0 Å². The highest BCUT2D eigenvalue weighted by Crippen LogP contribution is 2.22. The van der Waals surface area contributed by atoms with Crippen LogP contribution in [0.25, 0.3) is 11.1 Å². The molecule has 1 aliphatic heterocycles. The topological polar surface area (TPSA) is 49.6 Å². The number of halogens is 1. The lowest BCUT2D eigenvalue weighted by molar-refractivity contribution is -0.134. The van der Waals surface area contributed by atoms with Crippen molar-refractivity contribution < 1.29 is 13.6 Å². The Morgan fingerprint density at radius 2 is 2.14 bits per heavy atom. The number of hydrogen-bond donors (Lipinski definition) is 0. The molecular weight excluding hydrogens is 285 g/mol. The van der Waals surface area contributed by atoms with E-state index in [1.807, 2.05) is 0 Å². The molecule has 6 heteroatoms. The van der Waals surface area contributed by atoms with Crippen LogP contribution < -0.4 is 0 Å². The molecule has 0 radical (unpaired) electrons. The fourth-order valence-electron chi connectivity index (χ4n) is 2.91. The molecule has 1 aliphatic rings. The minimum absolute atomic E-state index is 0.115. The molecule has 22 heavy (non-hydrogen) atoms. The minimum atomic E-state index is -0.310. The van der Waals surface area contributed by atoms with Gasteiger partial charge in [-0.2, -0.15) is 0 Å². The third kappa shape index (κ3) is 3.11. The summed E-state index contributed by atoms with van der Waals surface area (Å²) in [5, 5.41) is 0. The number of fused-ring (bicyclic) bond motifs is 1. The van der Waals surface area contributed by atoms with Gasteiger partial charge in [0.2, 0.25) is 11.8 Å². The Morgan fingerprint density at radius 1 is 1.41 bits per heavy atom. The van der Waals surface area contributed by atoms with Crippen LogP contribution in [0, 0.1) is 11.7 Å². The molecule has 1 amide bonds. The number of oxazole rings is 1. The normalized spacial score (nSPS) is 17.0. The van der Waals surface area contributed by atoms with E-state index >= 15 is 0 Å². The summed E-state index contributed by atoms with van der Waals surface area (Å²) in [6, 6.07) is 4.35. The van der Waals surface area contributed by atoms with Crippen LogP contribution in [-0.4, -0.2) is 47.9 Å². The van der Waals surface area contributed by atoms with Crippen LogP contribution in [0.1, 0.15) is 18.7 Å². The Labute approximate surface area is 128 Å². The van der Waals surface area contributed by atoms with Gasteiger partial charge < -0.3 is 9.32 Å². The molecule has 1 aromatic heterocycles. The number of likely N-dealkylation sites (tertiary alicyclic amines) is 1. The van der Waals surface area contributed by atoms with Gasteiger partial charge in [-0.25, -0.2) is 9.37 Å². The fraction of sp³-hybridized carbons (Fsp3) is 0.500. The zero-order valence-electron chi connectivity index (χ0n) is 12.9. The Kier molecular flexibility index (Phi) is 4.11. The maximum absolute atomic E-state index is 13.2. The number of carbonyl (C=O) groups is 1. The number of benzene rings is 1. The van der Waals surface area contributed by atoms with Crippen molar-refractivity contribution in [2.24, 2.45) is 5.92 Å². The molecule has 2 heterocycles. The van der Waals surface area contributed by atoms with Crippen LogP contribution >= 0.6 is 0 Å². The van der Waals surface area contributed by atoms with Gasteiger partial charge in [-0.05, 0) is 38.1 Å². The lowest BCUT2D eigenvalue weighted by atomic mass is 9.95. The maximum atomic E-state index is 13.2. The second kappa shape index (κ2) is 6.04. The van der Waals surface area contributed by atoms with Crippen LogP contribution in [0.4, 0.5) is 4.39 Å². The van der Waals surface area contributed by atoms with Gasteiger partial charge in [-0.1, -0.05) is 0 Å². The first-order valence-electron chi connectivity index (χ1n) is 7.51. The van der Waals surface area contributed by atoms with E-state index in [2.05, 4.69) is 9.88 Å². The van der Waals surface area contributed by atoms with Gasteiger partial charge >= 0.3 is 0 Å². The molecule has 1 saturated heterocycles. The minimum Gasteiger partial charge on any atom is -0.439 e. The summed E-state index contributed by atoms with van der Waals surface area (Å²) in [5.74, 6) is 0.606. The first-order valence-corrected chi connectivity index (χ1v) is 7.51. The molecule has 0 spiro atoms. The summed E-state index contributed by atoms with van der Waals surface area (Å²) >= 11 is 0. The summed E-state index contributed by atoms with van der Waals surface area (Å²) in [6.07, 6.45) is 1.71. The van der Waals surface area contributed by atoms with Gasteiger partial charge in [-0.15, -0.1) is 0 Å². The van der Waals surface area contributed by atoms with E-state index in [1.165, 1.54) is 12.1 Å². The Morgan fingerprint density at radius 3 is 2.82 bits per heavy atom. The number of piperidine rings is 1. The van der Waals surface area contributed by atoms with Crippen molar-refractivity contribution in [3.63, 3.8) is 0 Å². The molecule has 2 aromatic rings. The quantitative estimate of drug-likeness (QED) is 0.873. The van der Waals surface area contributed by atoms with Gasteiger partial charge in [0.25, 0.3) is 0 Å². The number of amides is 1. The summed E-state index contributed by atoms with van der Waals surface area (Å²) in [5.41, 5.74) is 1.15. The lowest BCUT2D eigenvalue weighted by Gasteiger charge is -2.31. The van der Waals surface area contributed by atoms with Gasteiger partial charge in [0.15, 0.2) is 5.58 Å². The zero-order valence-corrected chi connectivity index (χ0v) is 12.9. The second-order valence-corrected chi connectivity index (χ2v) is 6.00. The first-order chi connectivity index (χ1) is 10.5. The van der Waals surface area contributed by atoms with Gasteiger partial charge in [-0.3, -0.25) is 9.69 Å². The average molecular weight is 305 g/mol. The summed E-state index contributed by atoms with van der Waals surface area (Å²) in [4.78, 5) is 20.2. The van der Waals surface area contributed by atoms with Crippen molar-refractivity contribution in [2.75, 3.05) is 27.2 Å². The largest absolute Gasteiger partial charge is 0.439 e. The molecule has 0 saturated carbocycles. The van der Waals surface area contributed by atoms with Gasteiger partial charge in [0.1, 0.15) is 11.3 Å². The van der Waals surface area contributed by atoms with Crippen molar-refractivity contribution in [1.82, 2.24) is 14.8 Å². The predicted octanol–water partition coefficient (Wildman–Crippen LogP) is 2.27. The van der Waals surface area contributed by atoms with Crippen LogP contribution in [0.3, 0.4) is 0 Å². The van der Waals surface area contributed by atoms with Crippen molar-refractivity contribution in [3.8, 4) is 0 Å². The highest BCUT2D eigenvalue weighted by atomic mass is 19.1. The van der Waals surface area contributed by atoms with E-state index in [4.69, 9.17) is 4.42 Å². The third-order valence-corrected chi connectivity index (χ3v) is 4.13. The molecule has 5 nitrogen and oxygen atoms in total. The monoisotopic (exact) mass is 305 g/mol. The summed E-state index contributed by atoms with van der Waals surface area (Å²) in [6.45, 7) is 2.29. The molecule has 0 atom stereocenters. The molecule has 0 unspecified atom stereocenters. The number of aromatic nitrogens is 1. The highest BCUT2D eigenvalue weighted by Gasteiger charge is 2.26. The SMILES string of the molecule is CN(C)C(=O)C1CCN(Cc2nc3cc(F)ccc3o2)CC1. The molecule has 0 bridgehead atoms. The predicted molar refractivity (Wildman–Crippen MR) is 80.7 cm³/mol. The Hall–Kier alpha value is -1.95. The summed E-state index contributed by atoms with van der Waals surface area (Å²) in [7, 11) is 3.60. The van der Waals surface area contributed by atoms with Crippen molar-refractivity contribution in [1.29, 1.82) is 0 Å². The molecular formula is C16H20FN3O2. The van der Waals surface area contributed by atoms with E-state index in [-0.39, 0.29) is 17.6 Å². The molecule has 1 fully saturated rings. The number of nitrogens with zero attached hydrogens (tertiary/aromatic N) is 3. The third-order valence-electron chi connectivity index (χ3n) is 4.13. The highest BCUT2D eigenvalue weighted by molar-refractivity contribution is 5.78. The van der Waals surface area contributed by atoms with Crippen LogP contribution in [-0.2, 0) is 11.3 Å². The molecule has 118 valence electrons. The summed E-state index contributed by atoms with van der Waals surface area (Å²) < 4.78 is 18.8. The number of rotatable bonds is 3. The number of hydrogen-bond acceptors (Lipinski definition) is 4. The second-order valence-electron chi connectivity index (χ2n) is 6.00. The van der Waals surface area contributed by atoms with Crippen LogP contribution in [0.15, 0.2) is 22.6 Å². The molecule has 0 aliphatic carbocycles. The van der Waals surface area contributed by atoms with E-state index < -0.39 is 0 Å². The Bertz CT molecular complexity index is 675. The van der Waals surface area contributed by atoms with E-state index in [1.54, 1.807) is 25.1 Å². The maximum Gasteiger partial charge on any atom is 0.225 e. The van der Waals surface area contributed by atoms with Crippen LogP contribution in [0.5, 0.6) is 0 Å². The average Bonchev–Trinajstić information content (AvgIpc) is 2.88. The smallest absolute Gasteiger partial charge is 0.225 e. The van der Waals surface area contributed by atoms with Gasteiger partial charge in [0, 0.05) is 26.1 Å². The van der Waals surface area contributed by atoms with E-state index in [9.17, 15) is 9.18 Å². The van der Waals surface area contributed by atoms with Crippen molar-refractivity contribution in [2.45, 2.75) is 19.4 Å². The molecule has 1 aromatic carbocycles. The van der Waals surface area contributed by atoms with E-state index in [0.29, 0.717) is 23.5 Å². The molecule has 0 N–H and O–H groups in total. The molecule has 3 rings (SSSR count). The van der Waals surface area contributed by atoms with Crippen molar-refractivity contribution >= 4 is 17.0 Å². The Balaban J connectivity index is 1.61. The lowest BCUT2D eigenvalue weighted by Crippen LogP contribution is -2.39. The zero-order chi connectivity index (χ0) is 15.7. The van der Waals surface area contributed by atoms with Crippen molar-refractivity contribution in [3.05, 3.63) is 29.9 Å². The van der Waals surface area contributed by atoms with E-state index in [0.717, 1.165) is 25.9 Å². The fourth-order valence-corrected chi connectivity index (χ4v) is 2.91.